The summed E-state index contributed by atoms with van der Waals surface area (Å²) in [7, 11) is 0. The van der Waals surface area contributed by atoms with Crippen LogP contribution in [0.2, 0.25) is 0 Å². The number of hydrogen-bond acceptors (Lipinski definition) is 4. The first-order valence-electron chi connectivity index (χ1n) is 7.27. The molecular formula is C17H21N3O3. The summed E-state index contributed by atoms with van der Waals surface area (Å²) in [5, 5.41) is 14.4. The molecule has 6 heteroatoms. The highest BCUT2D eigenvalue weighted by atomic mass is 16.6. The van der Waals surface area contributed by atoms with Crippen molar-refractivity contribution in [3.63, 3.8) is 0 Å². The molecule has 0 spiro atoms. The van der Waals surface area contributed by atoms with Crippen molar-refractivity contribution in [2.75, 3.05) is 0 Å². The Kier molecular flexibility index (Phi) is 7.39. The zero-order chi connectivity index (χ0) is 17.2. The molecule has 0 heterocycles. The topological polar surface area (TPSA) is 84.6 Å². The highest BCUT2D eigenvalue weighted by Gasteiger charge is 2.08. The van der Waals surface area contributed by atoms with Gasteiger partial charge in [-0.15, -0.1) is 0 Å². The van der Waals surface area contributed by atoms with Gasteiger partial charge >= 0.3 is 0 Å². The van der Waals surface area contributed by atoms with Crippen molar-refractivity contribution >= 4 is 17.8 Å². The number of non-ortho nitro benzene ring substituents is 1. The Morgan fingerprint density at radius 2 is 1.91 bits per heavy atom. The van der Waals surface area contributed by atoms with Gasteiger partial charge in [0.15, 0.2) is 0 Å². The molecule has 0 radical (unpaired) electrons. The van der Waals surface area contributed by atoms with E-state index in [4.69, 9.17) is 0 Å². The van der Waals surface area contributed by atoms with Gasteiger partial charge in [0.1, 0.15) is 0 Å². The first-order valence-corrected chi connectivity index (χ1v) is 7.27. The number of hydrazone groups is 1. The van der Waals surface area contributed by atoms with Gasteiger partial charge in [-0.1, -0.05) is 17.2 Å². The summed E-state index contributed by atoms with van der Waals surface area (Å²) < 4.78 is 0. The van der Waals surface area contributed by atoms with Gasteiger partial charge in [-0.3, -0.25) is 14.9 Å². The molecule has 1 amide bonds. The molecule has 122 valence electrons. The van der Waals surface area contributed by atoms with Gasteiger partial charge < -0.3 is 0 Å². The van der Waals surface area contributed by atoms with Crippen molar-refractivity contribution in [3.8, 4) is 0 Å². The van der Waals surface area contributed by atoms with Crippen molar-refractivity contribution in [1.29, 1.82) is 0 Å². The monoisotopic (exact) mass is 315 g/mol. The Labute approximate surface area is 135 Å². The quantitative estimate of drug-likeness (QED) is 0.357. The number of carbonyl (C=O) groups is 1. The van der Waals surface area contributed by atoms with E-state index < -0.39 is 10.8 Å². The first-order chi connectivity index (χ1) is 10.9. The van der Waals surface area contributed by atoms with Crippen LogP contribution < -0.4 is 5.43 Å². The second kappa shape index (κ2) is 9.30. The summed E-state index contributed by atoms with van der Waals surface area (Å²) in [6, 6.07) is 5.35. The van der Waals surface area contributed by atoms with Gasteiger partial charge in [-0.2, -0.15) is 5.10 Å². The molecule has 1 aromatic rings. The second-order valence-corrected chi connectivity index (χ2v) is 5.36. The average Bonchev–Trinajstić information content (AvgIpc) is 2.51. The summed E-state index contributed by atoms with van der Waals surface area (Å²) in [6.45, 7) is 6.13. The van der Waals surface area contributed by atoms with Crippen molar-refractivity contribution in [3.05, 3.63) is 63.2 Å². The minimum atomic E-state index is -0.511. The van der Waals surface area contributed by atoms with Crippen LogP contribution in [-0.4, -0.2) is 17.0 Å². The van der Waals surface area contributed by atoms with Crippen molar-refractivity contribution < 1.29 is 9.72 Å². The zero-order valence-corrected chi connectivity index (χ0v) is 13.6. The van der Waals surface area contributed by atoms with Crippen LogP contribution in [0.5, 0.6) is 0 Å². The summed E-state index contributed by atoms with van der Waals surface area (Å²) in [4.78, 5) is 21.8. The van der Waals surface area contributed by atoms with E-state index in [-0.39, 0.29) is 5.69 Å². The highest BCUT2D eigenvalue weighted by molar-refractivity contribution is 5.94. The maximum absolute atomic E-state index is 11.8. The lowest BCUT2D eigenvalue weighted by molar-refractivity contribution is -0.384. The maximum Gasteiger partial charge on any atom is 0.271 e. The summed E-state index contributed by atoms with van der Waals surface area (Å²) in [6.07, 6.45) is 7.46. The third-order valence-electron chi connectivity index (χ3n) is 3.03. The van der Waals surface area contributed by atoms with Gasteiger partial charge in [0.05, 0.1) is 4.92 Å². The van der Waals surface area contributed by atoms with Gasteiger partial charge in [0.25, 0.3) is 11.6 Å². The molecule has 0 bridgehead atoms. The maximum atomic E-state index is 11.8. The Hall–Kier alpha value is -2.76. The predicted molar refractivity (Wildman–Crippen MR) is 91.5 cm³/mol. The van der Waals surface area contributed by atoms with Crippen molar-refractivity contribution in [2.24, 2.45) is 5.10 Å². The van der Waals surface area contributed by atoms with Crippen LogP contribution in [-0.2, 0) is 0 Å². The molecule has 0 aromatic heterocycles. The Balaban J connectivity index is 2.48. The van der Waals surface area contributed by atoms with E-state index in [1.54, 1.807) is 0 Å². The lowest BCUT2D eigenvalue weighted by Crippen LogP contribution is -2.17. The lowest BCUT2D eigenvalue weighted by Gasteiger charge is -1.99. The van der Waals surface area contributed by atoms with Gasteiger partial charge in [0, 0.05) is 23.9 Å². The number of nitrogens with one attached hydrogen (secondary N) is 1. The second-order valence-electron chi connectivity index (χ2n) is 5.36. The minimum Gasteiger partial charge on any atom is -0.267 e. The first kappa shape index (κ1) is 18.3. The van der Waals surface area contributed by atoms with Gasteiger partial charge in [-0.05, 0) is 51.8 Å². The van der Waals surface area contributed by atoms with Crippen molar-refractivity contribution in [1.82, 2.24) is 5.43 Å². The van der Waals surface area contributed by atoms with E-state index in [0.717, 1.165) is 18.4 Å². The molecule has 0 aliphatic carbocycles. The highest BCUT2D eigenvalue weighted by Crippen LogP contribution is 2.11. The fourth-order valence-electron chi connectivity index (χ4n) is 1.73. The van der Waals surface area contributed by atoms with Crippen LogP contribution in [0.15, 0.2) is 52.7 Å². The average molecular weight is 315 g/mol. The predicted octanol–water partition coefficient (Wildman–Crippen LogP) is 4.00. The molecule has 6 nitrogen and oxygen atoms in total. The number of rotatable bonds is 7. The number of nitrogens with zero attached hydrogens (tertiary/aromatic N) is 2. The van der Waals surface area contributed by atoms with E-state index in [0.29, 0.717) is 5.56 Å². The van der Waals surface area contributed by atoms with Crippen LogP contribution in [0.25, 0.3) is 0 Å². The smallest absolute Gasteiger partial charge is 0.267 e. The SMILES string of the molecule is CC(C)=CCCC(C)=CC=NNC(=O)c1ccc([N+](=O)[O-])cc1. The number of benzene rings is 1. The number of carbonyl (C=O) groups excluding carboxylic acids is 1. The van der Waals surface area contributed by atoms with Crippen LogP contribution in [0.1, 0.15) is 44.0 Å². The molecule has 23 heavy (non-hydrogen) atoms. The molecule has 1 rings (SSSR count). The number of allylic oxidation sites excluding steroid dienone is 4. The summed E-state index contributed by atoms with van der Waals surface area (Å²) in [5.41, 5.74) is 5.10. The molecule has 0 fully saturated rings. The largest absolute Gasteiger partial charge is 0.271 e. The van der Waals surface area contributed by atoms with Crippen molar-refractivity contribution in [2.45, 2.75) is 33.6 Å². The molecular weight excluding hydrogens is 294 g/mol. The van der Waals surface area contributed by atoms with E-state index in [2.05, 4.69) is 30.5 Å². The Morgan fingerprint density at radius 3 is 2.48 bits per heavy atom. The van der Waals surface area contributed by atoms with Crippen LogP contribution in [0.4, 0.5) is 5.69 Å². The number of nitro groups is 1. The van der Waals surface area contributed by atoms with Crippen LogP contribution in [0.3, 0.4) is 0 Å². The normalized spacial score (nSPS) is 11.3. The molecule has 1 N–H and O–H groups in total. The third kappa shape index (κ3) is 7.17. The molecule has 1 aromatic carbocycles. The Bertz CT molecular complexity index is 640. The molecule has 0 aliphatic heterocycles. The van der Waals surface area contributed by atoms with E-state index in [1.807, 2.05) is 13.0 Å². The summed E-state index contributed by atoms with van der Waals surface area (Å²) in [5.74, 6) is -0.410. The fraction of sp³-hybridized carbons (Fsp3) is 0.294. The number of amides is 1. The lowest BCUT2D eigenvalue weighted by atomic mass is 10.1. The van der Waals surface area contributed by atoms with E-state index in [1.165, 1.54) is 36.1 Å². The third-order valence-corrected chi connectivity index (χ3v) is 3.03. The van der Waals surface area contributed by atoms with Crippen LogP contribution >= 0.6 is 0 Å². The molecule has 0 aliphatic rings. The molecule has 0 unspecified atom stereocenters. The van der Waals surface area contributed by atoms with Crippen LogP contribution in [0, 0.1) is 10.1 Å². The summed E-state index contributed by atoms with van der Waals surface area (Å²) >= 11 is 0. The van der Waals surface area contributed by atoms with E-state index in [9.17, 15) is 14.9 Å². The van der Waals surface area contributed by atoms with Gasteiger partial charge in [0.2, 0.25) is 0 Å². The van der Waals surface area contributed by atoms with Gasteiger partial charge in [-0.25, -0.2) is 5.43 Å². The standard InChI is InChI=1S/C17H21N3O3/c1-13(2)5-4-6-14(3)11-12-18-19-17(21)15-7-9-16(10-8-15)20(22)23/h5,7-12H,4,6H2,1-3H3,(H,19,21). The Morgan fingerprint density at radius 1 is 1.26 bits per heavy atom. The number of hydrogen-bond donors (Lipinski definition) is 1. The molecule has 0 saturated carbocycles. The minimum absolute atomic E-state index is 0.0556. The zero-order valence-electron chi connectivity index (χ0n) is 13.6. The fourth-order valence-corrected chi connectivity index (χ4v) is 1.73. The molecule has 0 atom stereocenters. The number of nitro benzene ring substituents is 1. The molecule has 0 saturated heterocycles. The van der Waals surface area contributed by atoms with E-state index >= 15 is 0 Å².